The second-order valence-electron chi connectivity index (χ2n) is 6.93. The molecule has 2 aliphatic rings. The number of hydrogen-bond donors (Lipinski definition) is 2. The summed E-state index contributed by atoms with van der Waals surface area (Å²) < 4.78 is 0. The Labute approximate surface area is 124 Å². The van der Waals surface area contributed by atoms with Crippen molar-refractivity contribution in [3.63, 3.8) is 0 Å². The van der Waals surface area contributed by atoms with E-state index in [1.807, 2.05) is 45.0 Å². The topological polar surface area (TPSA) is 61.4 Å². The molecule has 3 rings (SSSR count). The molecule has 0 bridgehead atoms. The van der Waals surface area contributed by atoms with Crippen LogP contribution >= 0.6 is 0 Å². The van der Waals surface area contributed by atoms with Crippen molar-refractivity contribution in [1.29, 1.82) is 0 Å². The first-order chi connectivity index (χ1) is 9.82. The van der Waals surface area contributed by atoms with Crippen molar-refractivity contribution in [3.8, 4) is 0 Å². The van der Waals surface area contributed by atoms with E-state index in [0.717, 1.165) is 11.3 Å². The number of fused-ring (bicyclic) bond motifs is 2. The van der Waals surface area contributed by atoms with E-state index in [9.17, 15) is 9.59 Å². The number of anilines is 1. The average molecular weight is 287 g/mol. The van der Waals surface area contributed by atoms with Gasteiger partial charge in [-0.2, -0.15) is 0 Å². The van der Waals surface area contributed by atoms with E-state index in [4.69, 9.17) is 0 Å². The summed E-state index contributed by atoms with van der Waals surface area (Å²) in [6.07, 6.45) is 0.674. The fourth-order valence-corrected chi connectivity index (χ4v) is 3.16. The molecule has 0 saturated carbocycles. The molecule has 0 radical (unpaired) electrons. The van der Waals surface area contributed by atoms with Crippen LogP contribution in [0.3, 0.4) is 0 Å². The molecule has 21 heavy (non-hydrogen) atoms. The maximum Gasteiger partial charge on any atom is 0.317 e. The zero-order chi connectivity index (χ0) is 15.3. The Morgan fingerprint density at radius 2 is 2.05 bits per heavy atom. The fourth-order valence-electron chi connectivity index (χ4n) is 3.16. The maximum atomic E-state index is 12.4. The monoisotopic (exact) mass is 287 g/mol. The van der Waals surface area contributed by atoms with Crippen LogP contribution in [0.1, 0.15) is 32.8 Å². The summed E-state index contributed by atoms with van der Waals surface area (Å²) in [5.74, 6) is 0.00904. The number of nitrogens with zero attached hydrogens (tertiary/aromatic N) is 1. The smallest absolute Gasteiger partial charge is 0.317 e. The summed E-state index contributed by atoms with van der Waals surface area (Å²) in [7, 11) is 0. The third kappa shape index (κ3) is 2.26. The summed E-state index contributed by atoms with van der Waals surface area (Å²) in [4.78, 5) is 26.5. The van der Waals surface area contributed by atoms with E-state index in [-0.39, 0.29) is 17.5 Å². The van der Waals surface area contributed by atoms with E-state index in [2.05, 4.69) is 10.6 Å². The number of carbonyl (C=O) groups excluding carboxylic acids is 2. The van der Waals surface area contributed by atoms with Gasteiger partial charge in [0, 0.05) is 24.3 Å². The number of hydrogen-bond acceptors (Lipinski definition) is 2. The predicted octanol–water partition coefficient (Wildman–Crippen LogP) is 2.09. The minimum Gasteiger partial charge on any atom is -0.333 e. The Balaban J connectivity index is 1.84. The lowest BCUT2D eigenvalue weighted by molar-refractivity contribution is -0.120. The number of benzene rings is 1. The molecular formula is C16H21N3O2. The molecule has 1 fully saturated rings. The lowest BCUT2D eigenvalue weighted by Crippen LogP contribution is -2.49. The van der Waals surface area contributed by atoms with Gasteiger partial charge in [0.05, 0.1) is 5.41 Å². The number of urea groups is 1. The Bertz CT molecular complexity index is 606. The Morgan fingerprint density at radius 1 is 1.33 bits per heavy atom. The number of rotatable bonds is 0. The van der Waals surface area contributed by atoms with Crippen molar-refractivity contribution in [2.24, 2.45) is 0 Å². The Morgan fingerprint density at radius 3 is 2.76 bits per heavy atom. The zero-order valence-electron chi connectivity index (χ0n) is 12.7. The molecule has 1 atom stereocenters. The van der Waals surface area contributed by atoms with Crippen LogP contribution in [0.15, 0.2) is 24.3 Å². The summed E-state index contributed by atoms with van der Waals surface area (Å²) >= 11 is 0. The standard InChI is InChI=1S/C16H21N3O2/c1-15(2,3)18-14(21)19-9-8-16(10-19)11-6-4-5-7-12(11)17-13(16)20/h4-7H,8-10H2,1-3H3,(H,17,20)(H,18,21)/t16-/m0/s1. The van der Waals surface area contributed by atoms with E-state index < -0.39 is 5.41 Å². The lowest BCUT2D eigenvalue weighted by atomic mass is 9.81. The van der Waals surface area contributed by atoms with Gasteiger partial charge in [-0.3, -0.25) is 4.79 Å². The Kier molecular flexibility index (Phi) is 2.97. The van der Waals surface area contributed by atoms with Crippen molar-refractivity contribution in [1.82, 2.24) is 10.2 Å². The van der Waals surface area contributed by atoms with E-state index in [1.165, 1.54) is 0 Å². The van der Waals surface area contributed by atoms with Gasteiger partial charge >= 0.3 is 6.03 Å². The van der Waals surface area contributed by atoms with Crippen LogP contribution in [-0.2, 0) is 10.2 Å². The molecule has 3 amide bonds. The van der Waals surface area contributed by atoms with Gasteiger partial charge in [-0.25, -0.2) is 4.79 Å². The van der Waals surface area contributed by atoms with Crippen molar-refractivity contribution < 1.29 is 9.59 Å². The number of para-hydroxylation sites is 1. The lowest BCUT2D eigenvalue weighted by Gasteiger charge is -2.27. The largest absolute Gasteiger partial charge is 0.333 e. The maximum absolute atomic E-state index is 12.4. The molecule has 112 valence electrons. The molecule has 5 heteroatoms. The minimum absolute atomic E-state index is 0.00904. The second kappa shape index (κ2) is 4.48. The molecule has 2 N–H and O–H groups in total. The highest BCUT2D eigenvalue weighted by atomic mass is 16.2. The summed E-state index contributed by atoms with van der Waals surface area (Å²) in [6.45, 7) is 6.90. The number of carbonyl (C=O) groups is 2. The van der Waals surface area contributed by atoms with Crippen LogP contribution in [-0.4, -0.2) is 35.5 Å². The van der Waals surface area contributed by atoms with Crippen molar-refractivity contribution in [2.45, 2.75) is 38.1 Å². The third-order valence-corrected chi connectivity index (χ3v) is 4.16. The minimum atomic E-state index is -0.578. The molecule has 1 saturated heterocycles. The fraction of sp³-hybridized carbons (Fsp3) is 0.500. The van der Waals surface area contributed by atoms with Gasteiger partial charge < -0.3 is 15.5 Å². The summed E-state index contributed by atoms with van der Waals surface area (Å²) in [5.41, 5.74) is 1.04. The molecule has 5 nitrogen and oxygen atoms in total. The van der Waals surface area contributed by atoms with E-state index in [1.54, 1.807) is 4.90 Å². The quantitative estimate of drug-likeness (QED) is 0.767. The molecule has 1 aromatic rings. The SMILES string of the molecule is CC(C)(C)NC(=O)N1CC[C@@]2(C1)C(=O)Nc1ccccc12. The van der Waals surface area contributed by atoms with Gasteiger partial charge in [0.15, 0.2) is 0 Å². The second-order valence-corrected chi connectivity index (χ2v) is 6.93. The molecule has 2 heterocycles. The molecule has 0 aliphatic carbocycles. The van der Waals surface area contributed by atoms with E-state index >= 15 is 0 Å². The van der Waals surface area contributed by atoms with Crippen molar-refractivity contribution in [2.75, 3.05) is 18.4 Å². The van der Waals surface area contributed by atoms with Crippen molar-refractivity contribution in [3.05, 3.63) is 29.8 Å². The first-order valence-corrected chi connectivity index (χ1v) is 7.30. The summed E-state index contributed by atoms with van der Waals surface area (Å²) in [5, 5.41) is 5.90. The summed E-state index contributed by atoms with van der Waals surface area (Å²) in [6, 6.07) is 7.66. The van der Waals surface area contributed by atoms with Gasteiger partial charge in [-0.15, -0.1) is 0 Å². The first-order valence-electron chi connectivity index (χ1n) is 7.30. The van der Waals surface area contributed by atoms with E-state index in [0.29, 0.717) is 19.5 Å². The number of nitrogens with one attached hydrogen (secondary N) is 2. The van der Waals surface area contributed by atoms with Crippen LogP contribution in [0.4, 0.5) is 10.5 Å². The molecule has 0 unspecified atom stereocenters. The van der Waals surface area contributed by atoms with Gasteiger partial charge in [0.1, 0.15) is 0 Å². The van der Waals surface area contributed by atoms with Crippen LogP contribution in [0, 0.1) is 0 Å². The highest BCUT2D eigenvalue weighted by Crippen LogP contribution is 2.43. The highest BCUT2D eigenvalue weighted by molar-refractivity contribution is 6.07. The molecule has 2 aliphatic heterocycles. The molecular weight excluding hydrogens is 266 g/mol. The predicted molar refractivity (Wildman–Crippen MR) is 81.2 cm³/mol. The number of amides is 3. The zero-order valence-corrected chi connectivity index (χ0v) is 12.7. The van der Waals surface area contributed by atoms with Crippen LogP contribution in [0.5, 0.6) is 0 Å². The van der Waals surface area contributed by atoms with Crippen molar-refractivity contribution >= 4 is 17.6 Å². The third-order valence-electron chi connectivity index (χ3n) is 4.16. The molecule has 1 aromatic carbocycles. The van der Waals surface area contributed by atoms with Crippen LogP contribution in [0.25, 0.3) is 0 Å². The van der Waals surface area contributed by atoms with Crippen LogP contribution < -0.4 is 10.6 Å². The average Bonchev–Trinajstić information content (AvgIpc) is 2.93. The van der Waals surface area contributed by atoms with Gasteiger partial charge in [-0.05, 0) is 38.8 Å². The molecule has 0 aromatic heterocycles. The Hall–Kier alpha value is -2.04. The van der Waals surface area contributed by atoms with Gasteiger partial charge in [0.2, 0.25) is 5.91 Å². The number of likely N-dealkylation sites (tertiary alicyclic amines) is 1. The highest BCUT2D eigenvalue weighted by Gasteiger charge is 2.52. The van der Waals surface area contributed by atoms with Gasteiger partial charge in [0.25, 0.3) is 0 Å². The van der Waals surface area contributed by atoms with Crippen LogP contribution in [0.2, 0.25) is 0 Å². The first kappa shape index (κ1) is 13.9. The normalized spacial score (nSPS) is 24.1. The molecule has 1 spiro atoms. The van der Waals surface area contributed by atoms with Gasteiger partial charge in [-0.1, -0.05) is 18.2 Å².